The van der Waals surface area contributed by atoms with Crippen molar-refractivity contribution in [2.24, 2.45) is 5.92 Å². The Morgan fingerprint density at radius 1 is 0.679 bits per heavy atom. The van der Waals surface area contributed by atoms with Gasteiger partial charge in [0.25, 0.3) is 0 Å². The molecule has 28 heavy (non-hydrogen) atoms. The van der Waals surface area contributed by atoms with Crippen molar-refractivity contribution in [2.75, 3.05) is 0 Å². The van der Waals surface area contributed by atoms with Crippen LogP contribution in [0.5, 0.6) is 5.75 Å². The van der Waals surface area contributed by atoms with Gasteiger partial charge >= 0.3 is 5.97 Å². The zero-order valence-corrected chi connectivity index (χ0v) is 16.9. The first kappa shape index (κ1) is 18.8. The monoisotopic (exact) mass is 390 g/mol. The van der Waals surface area contributed by atoms with Gasteiger partial charge in [-0.1, -0.05) is 55.7 Å². The maximum absolute atomic E-state index is 12.4. The van der Waals surface area contributed by atoms with Crippen molar-refractivity contribution in [2.45, 2.75) is 46.8 Å². The number of hydrogen-bond donors (Lipinski definition) is 1. The average molecular weight is 391 g/mol. The second-order valence-electron chi connectivity index (χ2n) is 7.26. The molecule has 2 nitrogen and oxygen atoms in total. The Labute approximate surface area is 169 Å². The molecule has 0 unspecified atom stereocenters. The minimum Gasteiger partial charge on any atom is -0.426 e. The summed E-state index contributed by atoms with van der Waals surface area (Å²) >= 11 is 0. The van der Waals surface area contributed by atoms with Gasteiger partial charge in [-0.15, -0.1) is 0 Å². The summed E-state index contributed by atoms with van der Waals surface area (Å²) in [7, 11) is -0.631. The molecule has 1 saturated carbocycles. The van der Waals surface area contributed by atoms with Crippen molar-refractivity contribution in [3.63, 3.8) is 0 Å². The fourth-order valence-electron chi connectivity index (χ4n) is 3.80. The third kappa shape index (κ3) is 4.48. The van der Waals surface area contributed by atoms with Gasteiger partial charge in [0, 0.05) is 0 Å². The highest BCUT2D eigenvalue weighted by molar-refractivity contribution is 8.17. The zero-order chi connectivity index (χ0) is 19.2. The Bertz CT molecular complexity index is 845. The molecule has 0 heterocycles. The first-order valence-electron chi connectivity index (χ1n) is 10.0. The SMILES string of the molecule is O=C(Oc1ccc([SH](c2ccccc2)c2ccccc2)cc1)C1CCCCC1. The van der Waals surface area contributed by atoms with Crippen LogP contribution in [0.25, 0.3) is 0 Å². The van der Waals surface area contributed by atoms with Gasteiger partial charge < -0.3 is 4.74 Å². The van der Waals surface area contributed by atoms with E-state index in [1.165, 1.54) is 21.1 Å². The van der Waals surface area contributed by atoms with Crippen LogP contribution >= 0.6 is 10.9 Å². The Hall–Kier alpha value is -2.52. The lowest BCUT2D eigenvalue weighted by atomic mass is 9.89. The molecule has 0 aliphatic heterocycles. The molecular formula is C25H26O2S. The predicted molar refractivity (Wildman–Crippen MR) is 115 cm³/mol. The topological polar surface area (TPSA) is 26.3 Å². The summed E-state index contributed by atoms with van der Waals surface area (Å²) in [4.78, 5) is 16.3. The first-order chi connectivity index (χ1) is 13.8. The quantitative estimate of drug-likeness (QED) is 0.300. The average Bonchev–Trinajstić information content (AvgIpc) is 2.77. The van der Waals surface area contributed by atoms with E-state index in [4.69, 9.17) is 4.74 Å². The van der Waals surface area contributed by atoms with E-state index in [1.807, 2.05) is 12.1 Å². The van der Waals surface area contributed by atoms with Gasteiger partial charge in [-0.05, 0) is 76.1 Å². The summed E-state index contributed by atoms with van der Waals surface area (Å²) < 4.78 is 5.67. The summed E-state index contributed by atoms with van der Waals surface area (Å²) in [6.45, 7) is 0. The number of ether oxygens (including phenoxy) is 1. The maximum Gasteiger partial charge on any atom is 0.314 e. The third-order valence-corrected chi connectivity index (χ3v) is 7.72. The van der Waals surface area contributed by atoms with Crippen molar-refractivity contribution in [1.82, 2.24) is 0 Å². The maximum atomic E-state index is 12.4. The van der Waals surface area contributed by atoms with Gasteiger partial charge in [-0.3, -0.25) is 4.79 Å². The summed E-state index contributed by atoms with van der Waals surface area (Å²) in [5, 5.41) is 0. The van der Waals surface area contributed by atoms with Crippen LogP contribution in [0.1, 0.15) is 32.1 Å². The van der Waals surface area contributed by atoms with Crippen molar-refractivity contribution in [3.8, 4) is 5.75 Å². The van der Waals surface area contributed by atoms with E-state index in [2.05, 4.69) is 72.8 Å². The molecule has 0 N–H and O–H groups in total. The molecule has 0 radical (unpaired) electrons. The van der Waals surface area contributed by atoms with Gasteiger partial charge in [0.2, 0.25) is 0 Å². The van der Waals surface area contributed by atoms with Gasteiger partial charge in [0.05, 0.1) is 5.92 Å². The molecule has 4 rings (SSSR count). The van der Waals surface area contributed by atoms with E-state index in [0.717, 1.165) is 25.7 Å². The minimum atomic E-state index is -0.631. The van der Waals surface area contributed by atoms with Crippen LogP contribution in [-0.4, -0.2) is 5.97 Å². The van der Waals surface area contributed by atoms with Crippen LogP contribution < -0.4 is 4.74 Å². The van der Waals surface area contributed by atoms with Gasteiger partial charge in [0.1, 0.15) is 5.75 Å². The Kier molecular flexibility index (Phi) is 6.13. The van der Waals surface area contributed by atoms with E-state index in [9.17, 15) is 4.79 Å². The molecule has 3 heteroatoms. The fraction of sp³-hybridized carbons (Fsp3) is 0.240. The molecule has 0 atom stereocenters. The van der Waals surface area contributed by atoms with Gasteiger partial charge in [0.15, 0.2) is 0 Å². The molecule has 0 saturated heterocycles. The fourth-order valence-corrected chi connectivity index (χ4v) is 6.08. The van der Waals surface area contributed by atoms with Crippen LogP contribution in [0.2, 0.25) is 0 Å². The largest absolute Gasteiger partial charge is 0.426 e. The molecule has 1 aliphatic carbocycles. The van der Waals surface area contributed by atoms with Crippen molar-refractivity contribution >= 4 is 16.9 Å². The molecule has 0 aromatic heterocycles. The normalized spacial score (nSPS) is 15.1. The Balaban J connectivity index is 1.55. The zero-order valence-electron chi connectivity index (χ0n) is 16.0. The Morgan fingerprint density at radius 3 is 1.71 bits per heavy atom. The van der Waals surface area contributed by atoms with E-state index < -0.39 is 10.9 Å². The first-order valence-corrected chi connectivity index (χ1v) is 11.4. The highest BCUT2D eigenvalue weighted by atomic mass is 32.2. The molecule has 0 spiro atoms. The van der Waals surface area contributed by atoms with E-state index in [1.54, 1.807) is 0 Å². The number of carbonyl (C=O) groups is 1. The molecule has 144 valence electrons. The van der Waals surface area contributed by atoms with Crippen LogP contribution in [0.3, 0.4) is 0 Å². The van der Waals surface area contributed by atoms with E-state index >= 15 is 0 Å². The highest BCUT2D eigenvalue weighted by Crippen LogP contribution is 2.51. The molecule has 1 fully saturated rings. The molecule has 3 aromatic carbocycles. The highest BCUT2D eigenvalue weighted by Gasteiger charge is 2.23. The summed E-state index contributed by atoms with van der Waals surface area (Å²) in [6.07, 6.45) is 5.43. The molecule has 0 bridgehead atoms. The van der Waals surface area contributed by atoms with Crippen LogP contribution in [0.15, 0.2) is 99.6 Å². The van der Waals surface area contributed by atoms with Crippen molar-refractivity contribution < 1.29 is 9.53 Å². The summed E-state index contributed by atoms with van der Waals surface area (Å²) in [6, 6.07) is 29.3. The lowest BCUT2D eigenvalue weighted by Gasteiger charge is -2.23. The van der Waals surface area contributed by atoms with Crippen LogP contribution in [-0.2, 0) is 4.79 Å². The number of hydrogen-bond acceptors (Lipinski definition) is 2. The van der Waals surface area contributed by atoms with Crippen LogP contribution in [0, 0.1) is 5.92 Å². The smallest absolute Gasteiger partial charge is 0.314 e. The second-order valence-corrected chi connectivity index (χ2v) is 9.48. The molecule has 3 aromatic rings. The molecular weight excluding hydrogens is 364 g/mol. The second kappa shape index (κ2) is 9.11. The summed E-state index contributed by atoms with van der Waals surface area (Å²) in [5.74, 6) is 0.649. The van der Waals surface area contributed by atoms with E-state index in [-0.39, 0.29) is 11.9 Å². The number of rotatable bonds is 5. The number of esters is 1. The van der Waals surface area contributed by atoms with Gasteiger partial charge in [-0.25, -0.2) is 0 Å². The number of benzene rings is 3. The lowest BCUT2D eigenvalue weighted by molar-refractivity contribution is -0.139. The predicted octanol–water partition coefficient (Wildman–Crippen LogP) is 6.65. The lowest BCUT2D eigenvalue weighted by Crippen LogP contribution is -2.22. The number of carbonyl (C=O) groups excluding carboxylic acids is 1. The van der Waals surface area contributed by atoms with Crippen molar-refractivity contribution in [1.29, 1.82) is 0 Å². The summed E-state index contributed by atoms with van der Waals surface area (Å²) in [5.41, 5.74) is 0. The van der Waals surface area contributed by atoms with Crippen LogP contribution in [0.4, 0.5) is 0 Å². The minimum absolute atomic E-state index is 0.0687. The third-order valence-electron chi connectivity index (χ3n) is 5.28. The van der Waals surface area contributed by atoms with Gasteiger partial charge in [-0.2, -0.15) is 10.9 Å². The standard InChI is InChI=1S/C25H26O2S/c26-25(20-10-4-1-5-11-20)27-21-16-18-24(19-17-21)28(22-12-6-2-7-13-22)23-14-8-3-9-15-23/h2-3,6-9,12-20,28H,1,4-5,10-11H2. The Morgan fingerprint density at radius 2 is 1.18 bits per heavy atom. The van der Waals surface area contributed by atoms with E-state index in [0.29, 0.717) is 5.75 Å². The van der Waals surface area contributed by atoms with Crippen molar-refractivity contribution in [3.05, 3.63) is 84.9 Å². The number of thiol groups is 1. The molecule has 0 amide bonds. The molecule has 1 aliphatic rings.